The van der Waals surface area contributed by atoms with Crippen LogP contribution in [0.2, 0.25) is 5.15 Å². The largest absolute Gasteiger partial charge is 0.312 e. The molecule has 1 atom stereocenters. The number of halogens is 2. The standard InChI is InChI=1S/C9H7ClFN3O5S/c10-7-2-1-6(14(16)17)9(12-7)13-4-5(3-8(13)15)20(11,18)19/h1-2,5H,3-4H2. The zero-order valence-electron chi connectivity index (χ0n) is 9.69. The van der Waals surface area contributed by atoms with Crippen molar-refractivity contribution in [3.63, 3.8) is 0 Å². The molecular weight excluding hydrogens is 317 g/mol. The zero-order chi connectivity index (χ0) is 15.1. The molecule has 0 radical (unpaired) electrons. The van der Waals surface area contributed by atoms with Crippen molar-refractivity contribution in [1.82, 2.24) is 4.98 Å². The molecule has 0 spiro atoms. The summed E-state index contributed by atoms with van der Waals surface area (Å²) in [5, 5.41) is 9.20. The summed E-state index contributed by atoms with van der Waals surface area (Å²) in [5.74, 6) is -1.16. The smallest absolute Gasteiger partial charge is 0.290 e. The number of pyridine rings is 1. The minimum Gasteiger partial charge on any atom is -0.290 e. The van der Waals surface area contributed by atoms with Crippen molar-refractivity contribution in [3.8, 4) is 0 Å². The van der Waals surface area contributed by atoms with Crippen LogP contribution in [0.1, 0.15) is 6.42 Å². The fourth-order valence-corrected chi connectivity index (χ4v) is 2.64. The fourth-order valence-electron chi connectivity index (χ4n) is 1.83. The quantitative estimate of drug-likeness (QED) is 0.356. The summed E-state index contributed by atoms with van der Waals surface area (Å²) in [7, 11) is -4.91. The summed E-state index contributed by atoms with van der Waals surface area (Å²) in [4.78, 5) is 26.2. The Bertz CT molecular complexity index is 695. The van der Waals surface area contributed by atoms with Gasteiger partial charge in [0.2, 0.25) is 11.7 Å². The van der Waals surface area contributed by atoms with Gasteiger partial charge in [-0.25, -0.2) is 4.98 Å². The molecule has 0 aliphatic carbocycles. The first-order chi connectivity index (χ1) is 9.20. The lowest BCUT2D eigenvalue weighted by molar-refractivity contribution is -0.384. The zero-order valence-corrected chi connectivity index (χ0v) is 11.3. The van der Waals surface area contributed by atoms with Crippen LogP contribution < -0.4 is 4.90 Å². The van der Waals surface area contributed by atoms with Crippen LogP contribution in [-0.4, -0.2) is 36.0 Å². The van der Waals surface area contributed by atoms with Crippen molar-refractivity contribution >= 4 is 39.2 Å². The number of aromatic nitrogens is 1. The Morgan fingerprint density at radius 1 is 1.50 bits per heavy atom. The molecule has 1 aromatic rings. The highest BCUT2D eigenvalue weighted by molar-refractivity contribution is 7.87. The van der Waals surface area contributed by atoms with E-state index >= 15 is 0 Å². The van der Waals surface area contributed by atoms with Gasteiger partial charge in [0.25, 0.3) is 0 Å². The molecule has 2 rings (SSSR count). The molecule has 2 heterocycles. The first-order valence-corrected chi connectivity index (χ1v) is 7.07. The van der Waals surface area contributed by atoms with Gasteiger partial charge in [0, 0.05) is 19.0 Å². The van der Waals surface area contributed by atoms with Gasteiger partial charge in [-0.2, -0.15) is 8.42 Å². The molecule has 1 amide bonds. The van der Waals surface area contributed by atoms with Gasteiger partial charge in [0.1, 0.15) is 10.4 Å². The lowest BCUT2D eigenvalue weighted by Crippen LogP contribution is -2.28. The summed E-state index contributed by atoms with van der Waals surface area (Å²) in [5.41, 5.74) is -0.514. The molecule has 8 nitrogen and oxygen atoms in total. The number of anilines is 1. The van der Waals surface area contributed by atoms with E-state index in [1.165, 1.54) is 0 Å². The van der Waals surface area contributed by atoms with Gasteiger partial charge < -0.3 is 0 Å². The molecule has 1 unspecified atom stereocenters. The van der Waals surface area contributed by atoms with E-state index in [1.54, 1.807) is 0 Å². The Morgan fingerprint density at radius 2 is 2.15 bits per heavy atom. The number of hydrogen-bond donors (Lipinski definition) is 0. The number of nitrogens with zero attached hydrogens (tertiary/aromatic N) is 3. The maximum absolute atomic E-state index is 12.9. The third kappa shape index (κ3) is 2.70. The third-order valence-electron chi connectivity index (χ3n) is 2.76. The van der Waals surface area contributed by atoms with E-state index in [-0.39, 0.29) is 5.15 Å². The van der Waals surface area contributed by atoms with Gasteiger partial charge >= 0.3 is 15.9 Å². The molecule has 1 aromatic heterocycles. The Hall–Kier alpha value is -1.81. The molecule has 1 saturated heterocycles. The number of rotatable bonds is 3. The van der Waals surface area contributed by atoms with Gasteiger partial charge in [-0.1, -0.05) is 11.6 Å². The predicted molar refractivity (Wildman–Crippen MR) is 66.7 cm³/mol. The second-order valence-electron chi connectivity index (χ2n) is 4.04. The van der Waals surface area contributed by atoms with E-state index in [9.17, 15) is 27.2 Å². The monoisotopic (exact) mass is 323 g/mol. The van der Waals surface area contributed by atoms with Crippen LogP contribution in [-0.2, 0) is 15.0 Å². The van der Waals surface area contributed by atoms with E-state index in [0.29, 0.717) is 0 Å². The normalized spacial score (nSPS) is 19.4. The van der Waals surface area contributed by atoms with Crippen LogP contribution in [0, 0.1) is 10.1 Å². The van der Waals surface area contributed by atoms with E-state index in [0.717, 1.165) is 17.0 Å². The Kier molecular flexibility index (Phi) is 3.61. The summed E-state index contributed by atoms with van der Waals surface area (Å²) in [6.45, 7) is -0.536. The third-order valence-corrected chi connectivity index (χ3v) is 4.08. The lowest BCUT2D eigenvalue weighted by Gasteiger charge is -2.14. The highest BCUT2D eigenvalue weighted by Gasteiger charge is 2.41. The Balaban J connectivity index is 2.45. The Labute approximate surface area is 117 Å². The predicted octanol–water partition coefficient (Wildman–Crippen LogP) is 1.05. The molecule has 1 aliphatic heterocycles. The van der Waals surface area contributed by atoms with Crippen LogP contribution in [0.5, 0.6) is 0 Å². The summed E-state index contributed by atoms with van der Waals surface area (Å²) >= 11 is 5.61. The van der Waals surface area contributed by atoms with Crippen LogP contribution in [0.25, 0.3) is 0 Å². The van der Waals surface area contributed by atoms with Crippen LogP contribution in [0.3, 0.4) is 0 Å². The first kappa shape index (κ1) is 14.6. The number of nitro groups is 1. The molecule has 0 bridgehead atoms. The van der Waals surface area contributed by atoms with E-state index in [4.69, 9.17) is 11.6 Å². The van der Waals surface area contributed by atoms with E-state index < -0.39 is 50.8 Å². The molecule has 1 aliphatic rings. The van der Waals surface area contributed by atoms with Gasteiger partial charge in [-0.15, -0.1) is 3.89 Å². The van der Waals surface area contributed by atoms with Crippen LogP contribution in [0.15, 0.2) is 12.1 Å². The van der Waals surface area contributed by atoms with Crippen molar-refractivity contribution in [2.24, 2.45) is 0 Å². The van der Waals surface area contributed by atoms with Crippen molar-refractivity contribution in [2.75, 3.05) is 11.4 Å². The van der Waals surface area contributed by atoms with Gasteiger partial charge in [0.05, 0.1) is 4.92 Å². The summed E-state index contributed by atoms with van der Waals surface area (Å²) in [6, 6.07) is 2.20. The van der Waals surface area contributed by atoms with Gasteiger partial charge in [-0.05, 0) is 6.07 Å². The minimum atomic E-state index is -4.91. The van der Waals surface area contributed by atoms with E-state index in [2.05, 4.69) is 4.98 Å². The molecule has 0 aromatic carbocycles. The molecule has 108 valence electrons. The highest BCUT2D eigenvalue weighted by Crippen LogP contribution is 2.32. The average molecular weight is 324 g/mol. The number of carbonyl (C=O) groups excluding carboxylic acids is 1. The number of hydrogen-bond acceptors (Lipinski definition) is 6. The second-order valence-corrected chi connectivity index (χ2v) is 6.04. The maximum Gasteiger partial charge on any atom is 0.312 e. The molecular formula is C9H7ClFN3O5S. The Morgan fingerprint density at radius 3 is 2.65 bits per heavy atom. The first-order valence-electron chi connectivity index (χ1n) is 5.25. The highest BCUT2D eigenvalue weighted by atomic mass is 35.5. The molecule has 0 saturated carbocycles. The van der Waals surface area contributed by atoms with Crippen molar-refractivity contribution < 1.29 is 22.0 Å². The molecule has 0 N–H and O–H groups in total. The maximum atomic E-state index is 12.9. The van der Waals surface area contributed by atoms with Gasteiger partial charge in [-0.3, -0.25) is 19.8 Å². The fraction of sp³-hybridized carbons (Fsp3) is 0.333. The average Bonchev–Trinajstić information content (AvgIpc) is 2.70. The molecule has 11 heteroatoms. The van der Waals surface area contributed by atoms with Crippen molar-refractivity contribution in [3.05, 3.63) is 27.4 Å². The lowest BCUT2D eigenvalue weighted by atomic mass is 10.3. The number of carbonyl (C=O) groups is 1. The SMILES string of the molecule is O=C1CC(S(=O)(=O)F)CN1c1nc(Cl)ccc1[N+](=O)[O-]. The van der Waals surface area contributed by atoms with Crippen molar-refractivity contribution in [1.29, 1.82) is 0 Å². The second kappa shape index (κ2) is 4.94. The molecule has 20 heavy (non-hydrogen) atoms. The minimum absolute atomic E-state index is 0.107. The van der Waals surface area contributed by atoms with Crippen LogP contribution >= 0.6 is 11.6 Å². The topological polar surface area (TPSA) is 110 Å². The van der Waals surface area contributed by atoms with Gasteiger partial charge in [0.15, 0.2) is 0 Å². The summed E-state index contributed by atoms with van der Waals surface area (Å²) in [6.07, 6.45) is -0.593. The van der Waals surface area contributed by atoms with Crippen LogP contribution in [0.4, 0.5) is 15.4 Å². The number of amides is 1. The van der Waals surface area contributed by atoms with Crippen molar-refractivity contribution in [2.45, 2.75) is 11.7 Å². The van der Waals surface area contributed by atoms with E-state index in [1.807, 2.05) is 0 Å². The summed E-state index contributed by atoms with van der Waals surface area (Å²) < 4.78 is 34.5. The molecule has 1 fully saturated rings.